The van der Waals surface area contributed by atoms with E-state index >= 15 is 0 Å². The number of nitrogens with zero attached hydrogens (tertiary/aromatic N) is 1. The van der Waals surface area contributed by atoms with Gasteiger partial charge < -0.3 is 5.32 Å². The van der Waals surface area contributed by atoms with Crippen LogP contribution in [0.15, 0.2) is 48.8 Å². The summed E-state index contributed by atoms with van der Waals surface area (Å²) in [7, 11) is 0. The van der Waals surface area contributed by atoms with Crippen LogP contribution in [-0.2, 0) is 17.8 Å². The first-order chi connectivity index (χ1) is 9.25. The van der Waals surface area contributed by atoms with Gasteiger partial charge in [0.25, 0.3) is 0 Å². The van der Waals surface area contributed by atoms with Crippen molar-refractivity contribution in [3.63, 3.8) is 0 Å². The number of amides is 1. The van der Waals surface area contributed by atoms with E-state index in [0.717, 1.165) is 11.1 Å². The highest BCUT2D eigenvalue weighted by atomic mass is 16.1. The summed E-state index contributed by atoms with van der Waals surface area (Å²) in [5.74, 6) is -0.0490. The number of carbonyl (C=O) groups excluding carboxylic acids is 1. The first-order valence-corrected chi connectivity index (χ1v) is 6.30. The topological polar surface area (TPSA) is 42.0 Å². The Labute approximate surface area is 113 Å². The van der Waals surface area contributed by atoms with Gasteiger partial charge in [0.1, 0.15) is 0 Å². The van der Waals surface area contributed by atoms with Crippen molar-refractivity contribution in [3.8, 4) is 0 Å². The molecule has 0 fully saturated rings. The van der Waals surface area contributed by atoms with Gasteiger partial charge in [-0.15, -0.1) is 0 Å². The van der Waals surface area contributed by atoms with Gasteiger partial charge in [0, 0.05) is 18.9 Å². The number of benzene rings is 1. The van der Waals surface area contributed by atoms with Crippen molar-refractivity contribution < 1.29 is 4.79 Å². The molecule has 0 aliphatic rings. The average Bonchev–Trinajstić information content (AvgIpc) is 2.45. The smallest absolute Gasteiger partial charge is 0.224 e. The quantitative estimate of drug-likeness (QED) is 0.889. The third-order valence-electron chi connectivity index (χ3n) is 2.96. The molecule has 1 N–H and O–H groups in total. The van der Waals surface area contributed by atoms with Gasteiger partial charge in [-0.3, -0.25) is 9.78 Å². The molecule has 1 amide bonds. The Morgan fingerprint density at radius 1 is 1.26 bits per heavy atom. The monoisotopic (exact) mass is 253 g/mol. The van der Waals surface area contributed by atoms with Gasteiger partial charge in [-0.05, 0) is 36.1 Å². The Bertz CT molecular complexity index is 537. The maximum Gasteiger partial charge on any atom is 0.224 e. The fourth-order valence-electron chi connectivity index (χ4n) is 1.79. The number of nitrogens with one attached hydrogen (secondary N) is 1. The third kappa shape index (κ3) is 4.21. The van der Waals surface area contributed by atoms with Gasteiger partial charge in [0.2, 0.25) is 5.91 Å². The summed E-state index contributed by atoms with van der Waals surface area (Å²) >= 11 is 0. The maximum absolute atomic E-state index is 11.7. The zero-order valence-electron chi connectivity index (χ0n) is 11.0. The summed E-state index contributed by atoms with van der Waals surface area (Å²) in [6.45, 7) is 2.61. The van der Waals surface area contributed by atoms with Crippen LogP contribution in [0, 0.1) is 13.3 Å². The molecule has 0 aliphatic carbocycles. The predicted octanol–water partition coefficient (Wildman–Crippen LogP) is 2.45. The lowest BCUT2D eigenvalue weighted by Gasteiger charge is -2.07. The third-order valence-corrected chi connectivity index (χ3v) is 2.96. The number of pyridine rings is 1. The lowest BCUT2D eigenvalue weighted by Crippen LogP contribution is -2.23. The number of aryl methyl sites for hydroxylation is 1. The molecule has 2 rings (SSSR count). The number of aromatic nitrogens is 1. The first-order valence-electron chi connectivity index (χ1n) is 6.30. The molecule has 1 aromatic carbocycles. The average molecular weight is 253 g/mol. The van der Waals surface area contributed by atoms with Crippen LogP contribution in [0.1, 0.15) is 16.7 Å². The van der Waals surface area contributed by atoms with Gasteiger partial charge in [0.05, 0.1) is 6.42 Å². The molecule has 0 saturated carbocycles. The molecule has 3 heteroatoms. The van der Waals surface area contributed by atoms with Crippen molar-refractivity contribution in [2.45, 2.75) is 19.9 Å². The number of rotatable bonds is 5. The minimum Gasteiger partial charge on any atom is -0.352 e. The van der Waals surface area contributed by atoms with Gasteiger partial charge in [-0.2, -0.15) is 0 Å². The summed E-state index contributed by atoms with van der Waals surface area (Å²) in [4.78, 5) is 15.7. The summed E-state index contributed by atoms with van der Waals surface area (Å²) in [6, 6.07) is 11.9. The molecule has 0 atom stereocenters. The molecule has 0 saturated heterocycles. The molecular weight excluding hydrogens is 236 g/mol. The Morgan fingerprint density at radius 2 is 2.11 bits per heavy atom. The molecule has 1 radical (unpaired) electrons. The molecule has 0 unspecified atom stereocenters. The molecule has 0 aliphatic heterocycles. The molecule has 1 aromatic heterocycles. The van der Waals surface area contributed by atoms with Gasteiger partial charge in [-0.25, -0.2) is 0 Å². The van der Waals surface area contributed by atoms with E-state index in [0.29, 0.717) is 13.0 Å². The Kier molecular flexibility index (Phi) is 4.67. The molecule has 1 heterocycles. The molecule has 0 spiro atoms. The summed E-state index contributed by atoms with van der Waals surface area (Å²) in [5, 5.41) is 2.90. The van der Waals surface area contributed by atoms with E-state index in [9.17, 15) is 4.79 Å². The lowest BCUT2D eigenvalue weighted by atomic mass is 10.1. The van der Waals surface area contributed by atoms with Crippen LogP contribution >= 0.6 is 0 Å². The van der Waals surface area contributed by atoms with Crippen LogP contribution < -0.4 is 5.32 Å². The highest BCUT2D eigenvalue weighted by Crippen LogP contribution is 2.06. The van der Waals surface area contributed by atoms with E-state index in [2.05, 4.69) is 10.3 Å². The minimum atomic E-state index is -0.0490. The van der Waals surface area contributed by atoms with Crippen LogP contribution in [0.5, 0.6) is 0 Å². The van der Waals surface area contributed by atoms with Crippen molar-refractivity contribution in [2.24, 2.45) is 0 Å². The zero-order chi connectivity index (χ0) is 13.5. The summed E-state index contributed by atoms with van der Waals surface area (Å²) in [5.41, 5.74) is 3.37. The lowest BCUT2D eigenvalue weighted by molar-refractivity contribution is -0.118. The Morgan fingerprint density at radius 3 is 2.84 bits per heavy atom. The van der Waals surface area contributed by atoms with Crippen LogP contribution in [0.4, 0.5) is 0 Å². The maximum atomic E-state index is 11.7. The molecule has 0 bridgehead atoms. The molecule has 19 heavy (non-hydrogen) atoms. The van der Waals surface area contributed by atoms with E-state index < -0.39 is 0 Å². The van der Waals surface area contributed by atoms with Crippen molar-refractivity contribution in [1.29, 1.82) is 0 Å². The number of hydrogen-bond acceptors (Lipinski definition) is 2. The first kappa shape index (κ1) is 13.3. The van der Waals surface area contributed by atoms with E-state index in [1.807, 2.05) is 43.3 Å². The molecule has 3 nitrogen and oxygen atoms in total. The zero-order valence-corrected chi connectivity index (χ0v) is 11.0. The number of hydrogen-bond donors (Lipinski definition) is 1. The summed E-state index contributed by atoms with van der Waals surface area (Å²) in [6.07, 6.45) is 5.75. The SMILES string of the molecule is Cc1ccccc1CNC(=O)[CH]Cc1cccnc1. The predicted molar refractivity (Wildman–Crippen MR) is 75.3 cm³/mol. The number of carbonyl (C=O) groups is 1. The normalized spacial score (nSPS) is 10.2. The second kappa shape index (κ2) is 6.69. The minimum absolute atomic E-state index is 0.0490. The highest BCUT2D eigenvalue weighted by Gasteiger charge is 2.04. The van der Waals surface area contributed by atoms with Gasteiger partial charge in [-0.1, -0.05) is 30.3 Å². The highest BCUT2D eigenvalue weighted by molar-refractivity contribution is 5.84. The molecule has 97 valence electrons. The van der Waals surface area contributed by atoms with E-state index in [4.69, 9.17) is 0 Å². The van der Waals surface area contributed by atoms with Crippen LogP contribution in [-0.4, -0.2) is 10.9 Å². The fraction of sp³-hybridized carbons (Fsp3) is 0.188. The second-order valence-corrected chi connectivity index (χ2v) is 4.41. The second-order valence-electron chi connectivity index (χ2n) is 4.41. The summed E-state index contributed by atoms with van der Waals surface area (Å²) < 4.78 is 0. The van der Waals surface area contributed by atoms with Crippen molar-refractivity contribution in [2.75, 3.05) is 0 Å². The Hall–Kier alpha value is -2.16. The standard InChI is InChI=1S/C16H17N2O/c1-13-5-2-3-7-15(13)12-18-16(19)9-8-14-6-4-10-17-11-14/h2-7,9-11H,8,12H2,1H3,(H,18,19). The van der Waals surface area contributed by atoms with Crippen LogP contribution in [0.3, 0.4) is 0 Å². The van der Waals surface area contributed by atoms with E-state index in [-0.39, 0.29) is 5.91 Å². The van der Waals surface area contributed by atoms with Crippen molar-refractivity contribution >= 4 is 5.91 Å². The van der Waals surface area contributed by atoms with Crippen molar-refractivity contribution in [3.05, 3.63) is 71.9 Å². The van der Waals surface area contributed by atoms with Crippen LogP contribution in [0.25, 0.3) is 0 Å². The Balaban J connectivity index is 1.78. The van der Waals surface area contributed by atoms with E-state index in [1.165, 1.54) is 5.56 Å². The van der Waals surface area contributed by atoms with Gasteiger partial charge in [0.15, 0.2) is 0 Å². The molecule has 2 aromatic rings. The van der Waals surface area contributed by atoms with Crippen molar-refractivity contribution in [1.82, 2.24) is 10.3 Å². The van der Waals surface area contributed by atoms with E-state index in [1.54, 1.807) is 18.8 Å². The molecular formula is C16H17N2O. The fourth-order valence-corrected chi connectivity index (χ4v) is 1.79. The largest absolute Gasteiger partial charge is 0.352 e. The van der Waals surface area contributed by atoms with Gasteiger partial charge >= 0.3 is 0 Å². The van der Waals surface area contributed by atoms with Crippen LogP contribution in [0.2, 0.25) is 0 Å².